The largest absolute Gasteiger partial charge is 1.00 e. The lowest BCUT2D eigenvalue weighted by molar-refractivity contribution is -0.758. The van der Waals surface area contributed by atoms with Crippen LogP contribution >= 0.6 is 50.7 Å². The summed E-state index contributed by atoms with van der Waals surface area (Å²) in [7, 11) is 3.76. The molecule has 0 saturated heterocycles. The van der Waals surface area contributed by atoms with Crippen LogP contribution in [0.4, 0.5) is 0 Å². The molecule has 0 fully saturated rings. The van der Waals surface area contributed by atoms with Crippen LogP contribution in [-0.4, -0.2) is 4.68 Å². The number of nitrogens with zero attached hydrogens (tertiary/aromatic N) is 2. The van der Waals surface area contributed by atoms with Crippen LogP contribution in [0.2, 0.25) is 0 Å². The Morgan fingerprint density at radius 2 is 2.00 bits per heavy atom. The van der Waals surface area contributed by atoms with Crippen LogP contribution in [0.5, 0.6) is 0 Å². The highest BCUT2D eigenvalue weighted by molar-refractivity contribution is 9.08. The first-order valence-electron chi connectivity index (χ1n) is 3.56. The maximum Gasteiger partial charge on any atom is 0.277 e. The highest BCUT2D eigenvalue weighted by atomic mass is 79.9. The molecule has 1 rings (SSSR count). The van der Waals surface area contributed by atoms with E-state index in [4.69, 9.17) is 34.8 Å². The lowest BCUT2D eigenvalue weighted by Gasteiger charge is -2.03. The van der Waals surface area contributed by atoms with E-state index in [9.17, 15) is 0 Å². The molecule has 0 atom stereocenters. The summed E-state index contributed by atoms with van der Waals surface area (Å²) in [5, 5.41) is 0.734. The molecule has 0 saturated carbocycles. The Bertz CT molecular complexity index is 318. The van der Waals surface area contributed by atoms with E-state index in [1.165, 1.54) is 0 Å². The summed E-state index contributed by atoms with van der Waals surface area (Å²) in [4.78, 5) is 0. The maximum atomic E-state index is 5.79. The molecule has 1 heterocycles. The zero-order valence-electron chi connectivity index (χ0n) is 7.57. The lowest BCUT2D eigenvalue weighted by atomic mass is 10.4. The number of hydrogen-bond donors (Lipinski definition) is 0. The molecule has 0 unspecified atom stereocenters. The van der Waals surface area contributed by atoms with Gasteiger partial charge in [0.25, 0.3) is 9.49 Å². The molecule has 1 aromatic heterocycles. The zero-order chi connectivity index (χ0) is 10.2. The molecule has 1 aromatic rings. The van der Waals surface area contributed by atoms with E-state index in [1.54, 1.807) is 0 Å². The minimum atomic E-state index is -1.37. The number of hydrogen-bond acceptors (Lipinski definition) is 0. The fourth-order valence-corrected chi connectivity index (χ4v) is 2.14. The smallest absolute Gasteiger partial charge is 0.277 e. The average Bonchev–Trinajstić information content (AvgIpc) is 2.28. The first-order chi connectivity index (χ1) is 5.88. The summed E-state index contributed by atoms with van der Waals surface area (Å²) < 4.78 is 2.36. The monoisotopic (exact) mass is 340 g/mol. The molecule has 0 aliphatic heterocycles. The molecule has 2 nitrogen and oxygen atoms in total. The highest BCUT2D eigenvalue weighted by Crippen LogP contribution is 2.36. The van der Waals surface area contributed by atoms with Crippen molar-refractivity contribution in [1.82, 2.24) is 4.68 Å². The van der Waals surface area contributed by atoms with Gasteiger partial charge in [0.15, 0.2) is 7.05 Å². The van der Waals surface area contributed by atoms with Crippen molar-refractivity contribution >= 4 is 50.7 Å². The van der Waals surface area contributed by atoms with E-state index >= 15 is 0 Å². The van der Waals surface area contributed by atoms with E-state index in [2.05, 4.69) is 15.9 Å². The number of rotatable bonds is 1. The molecule has 0 aromatic carbocycles. The van der Waals surface area contributed by atoms with Gasteiger partial charge >= 0.3 is 0 Å². The SMILES string of the molecule is Cn1c(CBr)cc(C(Cl)(Cl)Cl)[n+]1C.[Cl-]. The van der Waals surface area contributed by atoms with Gasteiger partial charge in [0.1, 0.15) is 0 Å². The van der Waals surface area contributed by atoms with Gasteiger partial charge in [0, 0.05) is 11.4 Å². The minimum Gasteiger partial charge on any atom is -1.00 e. The van der Waals surface area contributed by atoms with Crippen molar-refractivity contribution in [2.75, 3.05) is 0 Å². The second-order valence-electron chi connectivity index (χ2n) is 2.70. The zero-order valence-corrected chi connectivity index (χ0v) is 12.2. The summed E-state index contributed by atoms with van der Waals surface area (Å²) in [5.74, 6) is 0. The van der Waals surface area contributed by atoms with E-state index < -0.39 is 3.79 Å². The van der Waals surface area contributed by atoms with Gasteiger partial charge in [0.05, 0.1) is 12.7 Å². The molecule has 0 N–H and O–H groups in total. The summed E-state index contributed by atoms with van der Waals surface area (Å²) in [6, 6.07) is 1.86. The van der Waals surface area contributed by atoms with Crippen molar-refractivity contribution in [3.63, 3.8) is 0 Å². The van der Waals surface area contributed by atoms with Crippen LogP contribution in [-0.2, 0) is 23.2 Å². The Morgan fingerprint density at radius 3 is 2.21 bits per heavy atom. The van der Waals surface area contributed by atoms with Gasteiger partial charge in [-0.25, -0.2) is 0 Å². The topological polar surface area (TPSA) is 8.81 Å². The molecule has 7 heteroatoms. The molecule has 0 bridgehead atoms. The molecular weight excluding hydrogens is 334 g/mol. The lowest BCUT2D eigenvalue weighted by Crippen LogP contribution is -3.00. The van der Waals surface area contributed by atoms with Gasteiger partial charge in [-0.15, -0.1) is 4.68 Å². The third-order valence-corrected chi connectivity index (χ3v) is 3.10. The molecule has 82 valence electrons. The van der Waals surface area contributed by atoms with Gasteiger partial charge in [-0.1, -0.05) is 50.7 Å². The Labute approximate surface area is 113 Å². The van der Waals surface area contributed by atoms with Gasteiger partial charge in [-0.2, -0.15) is 4.68 Å². The predicted molar refractivity (Wildman–Crippen MR) is 58.5 cm³/mol. The summed E-state index contributed by atoms with van der Waals surface area (Å²) >= 11 is 20.7. The van der Waals surface area contributed by atoms with Crippen molar-refractivity contribution in [1.29, 1.82) is 0 Å². The molecule has 0 aliphatic carbocycles. The average molecular weight is 343 g/mol. The Hall–Kier alpha value is 0.850. The Balaban J connectivity index is 0.00000169. The third-order valence-electron chi connectivity index (χ3n) is 1.94. The molecule has 0 aliphatic rings. The number of halogens is 5. The van der Waals surface area contributed by atoms with E-state index in [1.807, 2.05) is 29.5 Å². The van der Waals surface area contributed by atoms with Crippen LogP contribution in [0.1, 0.15) is 11.4 Å². The van der Waals surface area contributed by atoms with Crippen LogP contribution < -0.4 is 17.1 Å². The van der Waals surface area contributed by atoms with E-state index in [-0.39, 0.29) is 12.4 Å². The third kappa shape index (κ3) is 2.92. The van der Waals surface area contributed by atoms with Gasteiger partial charge in [-0.05, 0) is 0 Å². The van der Waals surface area contributed by atoms with E-state index in [0.717, 1.165) is 11.0 Å². The van der Waals surface area contributed by atoms with Gasteiger partial charge < -0.3 is 12.4 Å². The number of aromatic nitrogens is 2. The maximum absolute atomic E-state index is 5.79. The van der Waals surface area contributed by atoms with Crippen LogP contribution in [0, 0.1) is 0 Å². The normalized spacial score (nSPS) is 11.3. The van der Waals surface area contributed by atoms with Crippen molar-refractivity contribution in [2.24, 2.45) is 14.1 Å². The quantitative estimate of drug-likeness (QED) is 0.484. The Kier molecular flexibility index (Phi) is 5.58. The standard InChI is InChI=1S/C7H9BrCl3N2.ClH/c1-12-5(4-8)3-6(13(12)2)7(9,10)11;/h3H,4H2,1-2H3;1H/q+1;/p-1. The molecular formula is C7H9BrCl4N2. The van der Waals surface area contributed by atoms with Crippen LogP contribution in [0.3, 0.4) is 0 Å². The molecule has 0 spiro atoms. The second-order valence-corrected chi connectivity index (χ2v) is 5.54. The van der Waals surface area contributed by atoms with Crippen molar-refractivity contribution in [3.05, 3.63) is 17.5 Å². The summed E-state index contributed by atoms with van der Waals surface area (Å²) in [6.07, 6.45) is 0. The second kappa shape index (κ2) is 5.26. The van der Waals surface area contributed by atoms with Crippen molar-refractivity contribution in [3.8, 4) is 0 Å². The molecule has 0 amide bonds. The highest BCUT2D eigenvalue weighted by Gasteiger charge is 2.35. The summed E-state index contributed by atoms with van der Waals surface area (Å²) in [5.41, 5.74) is 1.72. The van der Waals surface area contributed by atoms with Gasteiger partial charge in [0.2, 0.25) is 0 Å². The van der Waals surface area contributed by atoms with Crippen molar-refractivity contribution in [2.45, 2.75) is 9.12 Å². The summed E-state index contributed by atoms with van der Waals surface area (Å²) in [6.45, 7) is 0. The predicted octanol–water partition coefficient (Wildman–Crippen LogP) is -0.425. The fourth-order valence-electron chi connectivity index (χ4n) is 1.09. The molecule has 0 radical (unpaired) electrons. The fraction of sp³-hybridized carbons (Fsp3) is 0.571. The van der Waals surface area contributed by atoms with Gasteiger partial charge in [-0.3, -0.25) is 0 Å². The van der Waals surface area contributed by atoms with E-state index in [0.29, 0.717) is 5.69 Å². The first-order valence-corrected chi connectivity index (χ1v) is 5.81. The van der Waals surface area contributed by atoms with Crippen LogP contribution in [0.25, 0.3) is 0 Å². The van der Waals surface area contributed by atoms with Crippen LogP contribution in [0.15, 0.2) is 6.07 Å². The number of alkyl halides is 4. The Morgan fingerprint density at radius 1 is 1.50 bits per heavy atom. The minimum absolute atomic E-state index is 0. The van der Waals surface area contributed by atoms with Crippen molar-refractivity contribution < 1.29 is 17.1 Å². The first kappa shape index (κ1) is 14.8. The molecule has 14 heavy (non-hydrogen) atoms.